The molecule has 0 unspecified atom stereocenters. The molecule has 1 amide bonds. The molecule has 2 aliphatic rings. The number of nitrogens with zero attached hydrogens (tertiary/aromatic N) is 2. The largest absolute Gasteiger partial charge is 0.311 e. The highest BCUT2D eigenvalue weighted by molar-refractivity contribution is 7.91. The Bertz CT molecular complexity index is 998. The second-order valence-corrected chi connectivity index (χ2v) is 9.43. The average Bonchev–Trinajstić information content (AvgIpc) is 3.06. The summed E-state index contributed by atoms with van der Waals surface area (Å²) >= 11 is 6.22. The average molecular weight is 398 g/mol. The molecule has 0 bridgehead atoms. The normalized spacial score (nSPS) is 24.3. The van der Waals surface area contributed by atoms with Crippen LogP contribution in [-0.2, 0) is 14.6 Å². The molecule has 1 aromatic heterocycles. The Hall–Kier alpha value is -1.93. The minimum Gasteiger partial charge on any atom is -0.311 e. The lowest BCUT2D eigenvalue weighted by molar-refractivity contribution is -0.116. The van der Waals surface area contributed by atoms with Crippen molar-refractivity contribution in [2.75, 3.05) is 16.8 Å². The fourth-order valence-corrected chi connectivity index (χ4v) is 5.88. The first-order valence-corrected chi connectivity index (χ1v) is 10.5. The van der Waals surface area contributed by atoms with E-state index in [1.54, 1.807) is 17.7 Å². The van der Waals surface area contributed by atoms with Gasteiger partial charge in [-0.25, -0.2) is 17.5 Å². The van der Waals surface area contributed by atoms with Crippen LogP contribution in [0.1, 0.15) is 41.6 Å². The summed E-state index contributed by atoms with van der Waals surface area (Å²) in [6, 6.07) is 4.09. The lowest BCUT2D eigenvalue weighted by atomic mass is 9.85. The lowest BCUT2D eigenvalue weighted by Crippen LogP contribution is -2.27. The van der Waals surface area contributed by atoms with Crippen molar-refractivity contribution in [2.45, 2.75) is 31.7 Å². The van der Waals surface area contributed by atoms with Crippen molar-refractivity contribution in [1.29, 1.82) is 0 Å². The minimum absolute atomic E-state index is 0.0123. The molecule has 138 valence electrons. The van der Waals surface area contributed by atoms with Gasteiger partial charge in [0.05, 0.1) is 23.2 Å². The Morgan fingerprint density at radius 2 is 2.12 bits per heavy atom. The summed E-state index contributed by atoms with van der Waals surface area (Å²) in [5.41, 5.74) is 1.60. The van der Waals surface area contributed by atoms with Gasteiger partial charge >= 0.3 is 0 Å². The van der Waals surface area contributed by atoms with Gasteiger partial charge in [-0.3, -0.25) is 4.79 Å². The van der Waals surface area contributed by atoms with Crippen molar-refractivity contribution >= 4 is 33.2 Å². The summed E-state index contributed by atoms with van der Waals surface area (Å²) in [4.78, 5) is 12.3. The van der Waals surface area contributed by atoms with Crippen LogP contribution in [0.15, 0.2) is 18.2 Å². The molecule has 0 spiro atoms. The molecule has 0 saturated carbocycles. The van der Waals surface area contributed by atoms with Gasteiger partial charge in [0.1, 0.15) is 11.6 Å². The van der Waals surface area contributed by atoms with Crippen LogP contribution in [-0.4, -0.2) is 35.6 Å². The lowest BCUT2D eigenvalue weighted by Gasteiger charge is -2.26. The van der Waals surface area contributed by atoms with E-state index in [9.17, 15) is 17.6 Å². The Balaban J connectivity index is 1.86. The molecule has 6 nitrogen and oxygen atoms in total. The van der Waals surface area contributed by atoms with Crippen LogP contribution in [0.4, 0.5) is 10.2 Å². The zero-order chi connectivity index (χ0) is 18.6. The maximum absolute atomic E-state index is 14.5. The summed E-state index contributed by atoms with van der Waals surface area (Å²) in [6.07, 6.45) is 0.500. The molecular weight excluding hydrogens is 381 g/mol. The van der Waals surface area contributed by atoms with E-state index in [1.807, 2.05) is 0 Å². The van der Waals surface area contributed by atoms with E-state index in [2.05, 4.69) is 10.4 Å². The Morgan fingerprint density at radius 3 is 2.77 bits per heavy atom. The summed E-state index contributed by atoms with van der Waals surface area (Å²) in [7, 11) is -3.11. The molecule has 1 saturated heterocycles. The van der Waals surface area contributed by atoms with Crippen LogP contribution in [0.5, 0.6) is 0 Å². The zero-order valence-corrected chi connectivity index (χ0v) is 15.6. The van der Waals surface area contributed by atoms with Crippen LogP contribution in [0.2, 0.25) is 5.02 Å². The van der Waals surface area contributed by atoms with E-state index in [1.165, 1.54) is 12.1 Å². The van der Waals surface area contributed by atoms with Gasteiger partial charge < -0.3 is 5.32 Å². The predicted molar refractivity (Wildman–Crippen MR) is 95.8 cm³/mol. The van der Waals surface area contributed by atoms with Crippen LogP contribution in [0.3, 0.4) is 0 Å². The number of carbonyl (C=O) groups excluding carboxylic acids is 1. The van der Waals surface area contributed by atoms with E-state index in [4.69, 9.17) is 11.6 Å². The number of carbonyl (C=O) groups is 1. The number of amides is 1. The van der Waals surface area contributed by atoms with Crippen molar-refractivity contribution in [2.24, 2.45) is 0 Å². The number of sulfone groups is 1. The molecular formula is C17H17ClFN3O3S. The fourth-order valence-electron chi connectivity index (χ4n) is 3.90. The van der Waals surface area contributed by atoms with Crippen molar-refractivity contribution < 1.29 is 17.6 Å². The minimum atomic E-state index is -3.11. The molecule has 2 aliphatic heterocycles. The SMILES string of the molecule is Cc1nn([C@H]2CCS(=O)(=O)C2)c2c1[C@@H](c1c(F)cccc1Cl)CC(=O)N2. The van der Waals surface area contributed by atoms with Crippen molar-refractivity contribution in [3.63, 3.8) is 0 Å². The van der Waals surface area contributed by atoms with Gasteiger partial charge in [-0.2, -0.15) is 5.10 Å². The molecule has 26 heavy (non-hydrogen) atoms. The summed E-state index contributed by atoms with van der Waals surface area (Å²) < 4.78 is 39.7. The molecule has 2 atom stereocenters. The van der Waals surface area contributed by atoms with E-state index in [0.29, 0.717) is 23.5 Å². The number of aryl methyl sites for hydroxylation is 1. The van der Waals surface area contributed by atoms with Crippen LogP contribution in [0.25, 0.3) is 0 Å². The highest BCUT2D eigenvalue weighted by Crippen LogP contribution is 2.44. The van der Waals surface area contributed by atoms with Gasteiger partial charge in [-0.15, -0.1) is 0 Å². The number of nitrogens with one attached hydrogen (secondary N) is 1. The first kappa shape index (κ1) is 17.5. The number of fused-ring (bicyclic) bond motifs is 1. The van der Waals surface area contributed by atoms with E-state index >= 15 is 0 Å². The number of halogens is 2. The van der Waals surface area contributed by atoms with E-state index < -0.39 is 21.6 Å². The maximum atomic E-state index is 14.5. The number of rotatable bonds is 2. The maximum Gasteiger partial charge on any atom is 0.226 e. The summed E-state index contributed by atoms with van der Waals surface area (Å²) in [5.74, 6) is -0.768. The van der Waals surface area contributed by atoms with Gasteiger partial charge in [-0.1, -0.05) is 17.7 Å². The number of hydrogen-bond donors (Lipinski definition) is 1. The Morgan fingerprint density at radius 1 is 1.35 bits per heavy atom. The molecule has 3 heterocycles. The van der Waals surface area contributed by atoms with Gasteiger partial charge in [-0.05, 0) is 25.5 Å². The second kappa shape index (κ2) is 6.06. The first-order valence-electron chi connectivity index (χ1n) is 8.30. The standard InChI is InChI=1S/C17H17ClFN3O3S/c1-9-15-11(16-12(18)3-2-4-13(16)19)7-14(23)20-17(15)22(21-9)10-5-6-26(24,25)8-10/h2-4,10-11H,5-8H2,1H3,(H,20,23)/t10-,11-/m0/s1. The van der Waals surface area contributed by atoms with Gasteiger partial charge in [0.25, 0.3) is 0 Å². The third-order valence-corrected chi connectivity index (χ3v) is 7.11. The van der Waals surface area contributed by atoms with Crippen molar-refractivity contribution in [1.82, 2.24) is 9.78 Å². The molecule has 1 N–H and O–H groups in total. The third kappa shape index (κ3) is 2.81. The molecule has 1 fully saturated rings. The van der Waals surface area contributed by atoms with Crippen LogP contribution in [0, 0.1) is 12.7 Å². The number of hydrogen-bond acceptors (Lipinski definition) is 4. The first-order chi connectivity index (χ1) is 12.3. The van der Waals surface area contributed by atoms with Gasteiger partial charge in [0, 0.05) is 28.5 Å². The molecule has 0 radical (unpaired) electrons. The molecule has 2 aromatic rings. The topological polar surface area (TPSA) is 81.1 Å². The molecule has 9 heteroatoms. The van der Waals surface area contributed by atoms with Crippen LogP contribution >= 0.6 is 11.6 Å². The fraction of sp³-hybridized carbons (Fsp3) is 0.412. The van der Waals surface area contributed by atoms with Gasteiger partial charge in [0.15, 0.2) is 9.84 Å². The van der Waals surface area contributed by atoms with Crippen molar-refractivity contribution in [3.8, 4) is 0 Å². The van der Waals surface area contributed by atoms with Crippen molar-refractivity contribution in [3.05, 3.63) is 45.9 Å². The quantitative estimate of drug-likeness (QED) is 0.844. The molecule has 1 aromatic carbocycles. The van der Waals surface area contributed by atoms with E-state index in [0.717, 1.165) is 0 Å². The molecule has 0 aliphatic carbocycles. The van der Waals surface area contributed by atoms with E-state index in [-0.39, 0.29) is 40.5 Å². The Labute approximate surface area is 155 Å². The highest BCUT2D eigenvalue weighted by Gasteiger charge is 2.38. The monoisotopic (exact) mass is 397 g/mol. The predicted octanol–water partition coefficient (Wildman–Crippen LogP) is 2.82. The number of anilines is 1. The smallest absolute Gasteiger partial charge is 0.226 e. The number of aromatic nitrogens is 2. The highest BCUT2D eigenvalue weighted by atomic mass is 35.5. The van der Waals surface area contributed by atoms with Crippen LogP contribution < -0.4 is 5.32 Å². The Kier molecular flexibility index (Phi) is 4.07. The second-order valence-electron chi connectivity index (χ2n) is 6.79. The summed E-state index contributed by atoms with van der Waals surface area (Å²) in [6.45, 7) is 1.78. The third-order valence-electron chi connectivity index (χ3n) is 5.03. The number of benzene rings is 1. The summed E-state index contributed by atoms with van der Waals surface area (Å²) in [5, 5.41) is 7.53. The van der Waals surface area contributed by atoms with Gasteiger partial charge in [0.2, 0.25) is 5.91 Å². The zero-order valence-electron chi connectivity index (χ0n) is 14.0. The molecule has 4 rings (SSSR count).